The van der Waals surface area contributed by atoms with Crippen LogP contribution in [0.15, 0.2) is 18.2 Å². The number of anilines is 1. The second-order valence-electron chi connectivity index (χ2n) is 6.83. The van der Waals surface area contributed by atoms with Gasteiger partial charge in [0.05, 0.1) is 17.9 Å². The predicted molar refractivity (Wildman–Crippen MR) is 97.9 cm³/mol. The molecule has 0 saturated carbocycles. The van der Waals surface area contributed by atoms with E-state index in [0.717, 1.165) is 19.5 Å². The molecule has 26 heavy (non-hydrogen) atoms. The number of nitrogens with zero attached hydrogens (tertiary/aromatic N) is 5. The molecule has 1 fully saturated rings. The number of likely N-dealkylation sites (tertiary alicyclic amines) is 1. The van der Waals surface area contributed by atoms with Crippen molar-refractivity contribution in [3.05, 3.63) is 29.8 Å². The first kappa shape index (κ1) is 20.2. The quantitative estimate of drug-likeness (QED) is 0.802. The SMILES string of the molecule is Cc1nnnn1-c1ccc(F)c(NC(=O)CN2CCC(C)(CN)C2)c1.Cl. The molecule has 1 atom stereocenters. The van der Waals surface area contributed by atoms with E-state index in [2.05, 4.69) is 27.8 Å². The van der Waals surface area contributed by atoms with E-state index in [4.69, 9.17) is 5.73 Å². The third-order valence-corrected chi connectivity index (χ3v) is 4.59. The highest BCUT2D eigenvalue weighted by atomic mass is 35.5. The van der Waals surface area contributed by atoms with Crippen LogP contribution in [0, 0.1) is 18.2 Å². The van der Waals surface area contributed by atoms with Crippen LogP contribution in [0.5, 0.6) is 0 Å². The first-order valence-corrected chi connectivity index (χ1v) is 8.17. The number of aromatic nitrogens is 4. The Morgan fingerprint density at radius 3 is 2.85 bits per heavy atom. The lowest BCUT2D eigenvalue weighted by molar-refractivity contribution is -0.117. The molecule has 10 heteroatoms. The molecular formula is C16H23ClFN7O. The maximum atomic E-state index is 14.1. The zero-order chi connectivity index (χ0) is 18.0. The van der Waals surface area contributed by atoms with E-state index in [0.29, 0.717) is 18.1 Å². The van der Waals surface area contributed by atoms with Gasteiger partial charge in [0.25, 0.3) is 0 Å². The molecule has 3 N–H and O–H groups in total. The van der Waals surface area contributed by atoms with E-state index in [1.807, 2.05) is 4.90 Å². The molecule has 1 aromatic heterocycles. The average Bonchev–Trinajstić information content (AvgIpc) is 3.16. The number of amides is 1. The topological polar surface area (TPSA) is 102 Å². The minimum Gasteiger partial charge on any atom is -0.330 e. The van der Waals surface area contributed by atoms with Crippen molar-refractivity contribution in [3.63, 3.8) is 0 Å². The van der Waals surface area contributed by atoms with Crippen LogP contribution in [0.2, 0.25) is 0 Å². The van der Waals surface area contributed by atoms with Gasteiger partial charge in [-0.1, -0.05) is 6.92 Å². The maximum Gasteiger partial charge on any atom is 0.238 e. The summed E-state index contributed by atoms with van der Waals surface area (Å²) in [5.74, 6) is -0.191. The fraction of sp³-hybridized carbons (Fsp3) is 0.500. The second-order valence-corrected chi connectivity index (χ2v) is 6.83. The Morgan fingerprint density at radius 1 is 1.46 bits per heavy atom. The normalized spacial score (nSPS) is 20.0. The van der Waals surface area contributed by atoms with Gasteiger partial charge in [0.1, 0.15) is 5.82 Å². The van der Waals surface area contributed by atoms with Crippen molar-refractivity contribution in [1.29, 1.82) is 0 Å². The molecule has 1 saturated heterocycles. The molecule has 1 amide bonds. The molecule has 1 aliphatic heterocycles. The van der Waals surface area contributed by atoms with Crippen LogP contribution >= 0.6 is 12.4 Å². The van der Waals surface area contributed by atoms with Gasteiger partial charge in [-0.05, 0) is 60.5 Å². The van der Waals surface area contributed by atoms with E-state index in [-0.39, 0.29) is 36.0 Å². The van der Waals surface area contributed by atoms with Gasteiger partial charge >= 0.3 is 0 Å². The number of hydrogen-bond acceptors (Lipinski definition) is 6. The van der Waals surface area contributed by atoms with Crippen LogP contribution in [0.25, 0.3) is 5.69 Å². The molecule has 1 aromatic carbocycles. The smallest absolute Gasteiger partial charge is 0.238 e. The summed E-state index contributed by atoms with van der Waals surface area (Å²) in [7, 11) is 0. The Hall–Kier alpha value is -2.10. The van der Waals surface area contributed by atoms with Crippen molar-refractivity contribution in [2.75, 3.05) is 31.5 Å². The Labute approximate surface area is 157 Å². The fourth-order valence-electron chi connectivity index (χ4n) is 3.03. The van der Waals surface area contributed by atoms with Gasteiger partial charge in [-0.15, -0.1) is 17.5 Å². The van der Waals surface area contributed by atoms with Crippen molar-refractivity contribution in [1.82, 2.24) is 25.1 Å². The third-order valence-electron chi connectivity index (χ3n) is 4.59. The first-order chi connectivity index (χ1) is 11.9. The van der Waals surface area contributed by atoms with E-state index in [1.165, 1.54) is 16.8 Å². The highest BCUT2D eigenvalue weighted by Gasteiger charge is 2.33. The molecular weight excluding hydrogens is 361 g/mol. The summed E-state index contributed by atoms with van der Waals surface area (Å²) in [6.45, 7) is 6.24. The molecule has 3 rings (SSSR count). The molecule has 1 aliphatic rings. The fourth-order valence-corrected chi connectivity index (χ4v) is 3.03. The minimum atomic E-state index is -0.504. The second kappa shape index (κ2) is 8.07. The maximum absolute atomic E-state index is 14.1. The number of halogens is 2. The highest BCUT2D eigenvalue weighted by Crippen LogP contribution is 2.28. The standard InChI is InChI=1S/C16H22FN7O.ClH/c1-11-20-21-22-24(11)12-3-4-13(17)14(7-12)19-15(25)8-23-6-5-16(2,9-18)10-23;/h3-4,7H,5-6,8-10,18H2,1-2H3,(H,19,25);1H. The summed E-state index contributed by atoms with van der Waals surface area (Å²) >= 11 is 0. The number of benzene rings is 1. The lowest BCUT2D eigenvalue weighted by Crippen LogP contribution is -2.35. The number of tetrazole rings is 1. The van der Waals surface area contributed by atoms with Crippen LogP contribution in [-0.2, 0) is 4.79 Å². The Bertz CT molecular complexity index is 784. The zero-order valence-corrected chi connectivity index (χ0v) is 15.6. The van der Waals surface area contributed by atoms with Gasteiger partial charge in [-0.3, -0.25) is 9.69 Å². The van der Waals surface area contributed by atoms with Crippen molar-refractivity contribution in [2.45, 2.75) is 20.3 Å². The number of carbonyl (C=O) groups is 1. The third kappa shape index (κ3) is 4.35. The molecule has 0 radical (unpaired) electrons. The van der Waals surface area contributed by atoms with Crippen LogP contribution < -0.4 is 11.1 Å². The zero-order valence-electron chi connectivity index (χ0n) is 14.8. The molecule has 0 spiro atoms. The molecule has 8 nitrogen and oxygen atoms in total. The van der Waals surface area contributed by atoms with E-state index < -0.39 is 5.82 Å². The van der Waals surface area contributed by atoms with Crippen LogP contribution in [0.3, 0.4) is 0 Å². The van der Waals surface area contributed by atoms with E-state index in [9.17, 15) is 9.18 Å². The first-order valence-electron chi connectivity index (χ1n) is 8.17. The average molecular weight is 384 g/mol. The minimum absolute atomic E-state index is 0. The molecule has 1 unspecified atom stereocenters. The van der Waals surface area contributed by atoms with E-state index >= 15 is 0 Å². The van der Waals surface area contributed by atoms with Crippen molar-refractivity contribution < 1.29 is 9.18 Å². The summed E-state index contributed by atoms with van der Waals surface area (Å²) < 4.78 is 15.5. The predicted octanol–water partition coefficient (Wildman–Crippen LogP) is 1.14. The monoisotopic (exact) mass is 383 g/mol. The lowest BCUT2D eigenvalue weighted by atomic mass is 9.90. The molecule has 0 aliphatic carbocycles. The number of rotatable bonds is 5. The highest BCUT2D eigenvalue weighted by molar-refractivity contribution is 5.92. The molecule has 0 bridgehead atoms. The van der Waals surface area contributed by atoms with Gasteiger partial charge in [0, 0.05) is 6.54 Å². The summed E-state index contributed by atoms with van der Waals surface area (Å²) in [6.07, 6.45) is 0.958. The summed E-state index contributed by atoms with van der Waals surface area (Å²) in [4.78, 5) is 14.3. The van der Waals surface area contributed by atoms with Crippen LogP contribution in [0.4, 0.5) is 10.1 Å². The largest absolute Gasteiger partial charge is 0.330 e. The number of aryl methyl sites for hydroxylation is 1. The van der Waals surface area contributed by atoms with Crippen LogP contribution in [0.1, 0.15) is 19.2 Å². The van der Waals surface area contributed by atoms with Gasteiger partial charge < -0.3 is 11.1 Å². The molecule has 2 aromatic rings. The summed E-state index contributed by atoms with van der Waals surface area (Å²) in [5.41, 5.74) is 6.52. The summed E-state index contributed by atoms with van der Waals surface area (Å²) in [6, 6.07) is 4.36. The number of hydrogen-bond donors (Lipinski definition) is 2. The molecule has 142 valence electrons. The van der Waals surface area contributed by atoms with Gasteiger partial charge in [-0.2, -0.15) is 4.68 Å². The number of nitrogens with two attached hydrogens (primary N) is 1. The van der Waals surface area contributed by atoms with Gasteiger partial charge in [-0.25, -0.2) is 4.39 Å². The summed E-state index contributed by atoms with van der Waals surface area (Å²) in [5, 5.41) is 13.8. The van der Waals surface area contributed by atoms with Crippen molar-refractivity contribution in [2.24, 2.45) is 11.1 Å². The van der Waals surface area contributed by atoms with Gasteiger partial charge in [0.2, 0.25) is 5.91 Å². The van der Waals surface area contributed by atoms with Crippen molar-refractivity contribution >= 4 is 24.0 Å². The van der Waals surface area contributed by atoms with Gasteiger partial charge in [0.15, 0.2) is 5.82 Å². The van der Waals surface area contributed by atoms with Crippen molar-refractivity contribution in [3.8, 4) is 5.69 Å². The Kier molecular flexibility index (Phi) is 6.27. The lowest BCUT2D eigenvalue weighted by Gasteiger charge is -2.22. The van der Waals surface area contributed by atoms with E-state index in [1.54, 1.807) is 13.0 Å². The Balaban J connectivity index is 0.00000243. The Morgan fingerprint density at radius 2 is 2.23 bits per heavy atom. The molecule has 2 heterocycles. The van der Waals surface area contributed by atoms with Crippen LogP contribution in [-0.4, -0.2) is 57.2 Å². The number of carbonyl (C=O) groups excluding carboxylic acids is 1. The number of nitrogens with one attached hydrogen (secondary N) is 1.